The fourth-order valence-corrected chi connectivity index (χ4v) is 4.23. The normalized spacial score (nSPS) is 28.9. The van der Waals surface area contributed by atoms with Crippen molar-refractivity contribution in [1.29, 1.82) is 0 Å². The first-order valence-electron chi connectivity index (χ1n) is 7.76. The van der Waals surface area contributed by atoms with E-state index in [1.165, 1.54) is 24.8 Å². The molecule has 0 amide bonds. The van der Waals surface area contributed by atoms with E-state index >= 15 is 0 Å². The number of rotatable bonds is 6. The summed E-state index contributed by atoms with van der Waals surface area (Å²) in [5.41, 5.74) is 1.32. The van der Waals surface area contributed by atoms with Gasteiger partial charge in [-0.05, 0) is 68.6 Å². The van der Waals surface area contributed by atoms with Crippen LogP contribution in [0.4, 0.5) is 0 Å². The molecule has 1 aromatic rings. The molecule has 0 radical (unpaired) electrons. The van der Waals surface area contributed by atoms with Crippen LogP contribution < -0.4 is 9.47 Å². The van der Waals surface area contributed by atoms with Gasteiger partial charge in [-0.2, -0.15) is 0 Å². The molecular weight excluding hydrogens is 316 g/mol. The zero-order valence-electron chi connectivity index (χ0n) is 12.3. The molecule has 0 N–H and O–H groups in total. The molecule has 3 rings (SSSR count). The van der Waals surface area contributed by atoms with Gasteiger partial charge in [-0.1, -0.05) is 22.0 Å². The minimum atomic E-state index is 0.449. The molecule has 2 fully saturated rings. The Morgan fingerprint density at radius 2 is 1.70 bits per heavy atom. The van der Waals surface area contributed by atoms with Crippen molar-refractivity contribution < 1.29 is 9.47 Å². The van der Waals surface area contributed by atoms with Gasteiger partial charge < -0.3 is 9.47 Å². The van der Waals surface area contributed by atoms with Crippen LogP contribution in [0.25, 0.3) is 0 Å². The molecule has 3 heteroatoms. The van der Waals surface area contributed by atoms with Crippen LogP contribution in [0.2, 0.25) is 0 Å². The molecule has 2 aliphatic carbocycles. The van der Waals surface area contributed by atoms with Crippen LogP contribution in [0.1, 0.15) is 43.5 Å². The maximum atomic E-state index is 5.73. The third-order valence-corrected chi connectivity index (χ3v) is 5.86. The van der Waals surface area contributed by atoms with Crippen LogP contribution in [0.3, 0.4) is 0 Å². The molecule has 0 bridgehead atoms. The lowest BCUT2D eigenvalue weighted by atomic mass is 9.94. The largest absolute Gasteiger partial charge is 0.490 e. The molecule has 110 valence electrons. The monoisotopic (exact) mass is 338 g/mol. The highest BCUT2D eigenvalue weighted by atomic mass is 79.9. The zero-order valence-corrected chi connectivity index (χ0v) is 13.9. The first kappa shape index (κ1) is 14.2. The van der Waals surface area contributed by atoms with Gasteiger partial charge in [0.05, 0.1) is 13.2 Å². The van der Waals surface area contributed by atoms with Crippen molar-refractivity contribution in [3.63, 3.8) is 0 Å². The number of hydrogen-bond donors (Lipinski definition) is 0. The Labute approximate surface area is 130 Å². The number of alkyl halides is 1. The van der Waals surface area contributed by atoms with Gasteiger partial charge in [0, 0.05) is 4.83 Å². The van der Waals surface area contributed by atoms with E-state index in [1.807, 2.05) is 19.9 Å². The van der Waals surface area contributed by atoms with Crippen LogP contribution in [0.15, 0.2) is 18.2 Å². The average Bonchev–Trinajstić information content (AvgIpc) is 3.07. The number of fused-ring (bicyclic) bond motifs is 1. The lowest BCUT2D eigenvalue weighted by molar-refractivity contribution is 0.287. The Bertz CT molecular complexity index is 464. The maximum Gasteiger partial charge on any atom is 0.161 e. The third-order valence-electron chi connectivity index (χ3n) is 4.58. The maximum absolute atomic E-state index is 5.73. The lowest BCUT2D eigenvalue weighted by Crippen LogP contribution is -2.06. The van der Waals surface area contributed by atoms with E-state index < -0.39 is 0 Å². The van der Waals surface area contributed by atoms with E-state index in [1.54, 1.807) is 0 Å². The van der Waals surface area contributed by atoms with Gasteiger partial charge in [0.25, 0.3) is 0 Å². The summed E-state index contributed by atoms with van der Waals surface area (Å²) in [5.74, 6) is 4.56. The topological polar surface area (TPSA) is 18.5 Å². The summed E-state index contributed by atoms with van der Waals surface area (Å²) in [7, 11) is 0. The van der Waals surface area contributed by atoms with Crippen LogP contribution >= 0.6 is 15.9 Å². The molecule has 0 spiro atoms. The fourth-order valence-electron chi connectivity index (χ4n) is 3.51. The quantitative estimate of drug-likeness (QED) is 0.682. The number of ether oxygens (including phenoxy) is 2. The van der Waals surface area contributed by atoms with E-state index in [0.29, 0.717) is 18.0 Å². The van der Waals surface area contributed by atoms with E-state index in [0.717, 1.165) is 29.3 Å². The van der Waals surface area contributed by atoms with Gasteiger partial charge in [-0.25, -0.2) is 0 Å². The molecule has 3 unspecified atom stereocenters. The predicted octanol–water partition coefficient (Wildman–Crippen LogP) is 4.97. The highest BCUT2D eigenvalue weighted by Gasteiger charge is 2.47. The van der Waals surface area contributed by atoms with Crippen LogP contribution in [-0.4, -0.2) is 13.2 Å². The summed E-state index contributed by atoms with van der Waals surface area (Å²) < 4.78 is 11.4. The van der Waals surface area contributed by atoms with Gasteiger partial charge in [0.1, 0.15) is 0 Å². The Morgan fingerprint density at radius 3 is 2.35 bits per heavy atom. The van der Waals surface area contributed by atoms with Crippen LogP contribution in [0, 0.1) is 17.8 Å². The van der Waals surface area contributed by atoms with Crippen molar-refractivity contribution in [2.24, 2.45) is 17.8 Å². The Hall–Kier alpha value is -0.700. The molecular formula is C17H23BrO2. The van der Waals surface area contributed by atoms with Crippen molar-refractivity contribution >= 4 is 15.9 Å². The minimum Gasteiger partial charge on any atom is -0.490 e. The lowest BCUT2D eigenvalue weighted by Gasteiger charge is -2.21. The molecule has 0 saturated heterocycles. The first-order chi connectivity index (χ1) is 9.72. The van der Waals surface area contributed by atoms with E-state index in [-0.39, 0.29) is 0 Å². The molecule has 0 heterocycles. The third kappa shape index (κ3) is 2.83. The number of halogens is 1. The molecule has 2 aliphatic rings. The Kier molecular flexibility index (Phi) is 4.25. The highest BCUT2D eigenvalue weighted by Crippen LogP contribution is 2.58. The summed E-state index contributed by atoms with van der Waals surface area (Å²) >= 11 is 3.91. The molecule has 0 aromatic heterocycles. The molecule has 0 aliphatic heterocycles. The number of benzene rings is 1. The Morgan fingerprint density at radius 1 is 1.05 bits per heavy atom. The molecule has 20 heavy (non-hydrogen) atoms. The SMILES string of the molecule is CCOc1ccc(C(Br)C2CC3CC3C2)cc1OCC. The number of hydrogen-bond acceptors (Lipinski definition) is 2. The summed E-state index contributed by atoms with van der Waals surface area (Å²) in [6.45, 7) is 5.35. The average molecular weight is 339 g/mol. The van der Waals surface area contributed by atoms with Gasteiger partial charge in [0.2, 0.25) is 0 Å². The molecule has 2 nitrogen and oxygen atoms in total. The predicted molar refractivity (Wildman–Crippen MR) is 84.8 cm³/mol. The van der Waals surface area contributed by atoms with Gasteiger partial charge in [0.15, 0.2) is 11.5 Å². The van der Waals surface area contributed by atoms with Gasteiger partial charge in [-0.15, -0.1) is 0 Å². The summed E-state index contributed by atoms with van der Waals surface area (Å²) in [6.07, 6.45) is 4.25. The molecule has 1 aromatic carbocycles. The van der Waals surface area contributed by atoms with E-state index in [2.05, 4.69) is 28.1 Å². The zero-order chi connectivity index (χ0) is 14.1. The highest BCUT2D eigenvalue weighted by molar-refractivity contribution is 9.09. The molecule has 2 saturated carbocycles. The summed E-state index contributed by atoms with van der Waals surface area (Å²) in [6, 6.07) is 6.38. The summed E-state index contributed by atoms with van der Waals surface area (Å²) in [4.78, 5) is 0.449. The van der Waals surface area contributed by atoms with Crippen LogP contribution in [0.5, 0.6) is 11.5 Å². The van der Waals surface area contributed by atoms with Gasteiger partial charge >= 0.3 is 0 Å². The van der Waals surface area contributed by atoms with Crippen molar-refractivity contribution in [3.8, 4) is 11.5 Å². The van der Waals surface area contributed by atoms with Crippen LogP contribution in [-0.2, 0) is 0 Å². The second-order valence-corrected chi connectivity index (χ2v) is 6.95. The minimum absolute atomic E-state index is 0.449. The van der Waals surface area contributed by atoms with Crippen molar-refractivity contribution in [3.05, 3.63) is 23.8 Å². The molecule has 3 atom stereocenters. The second-order valence-electron chi connectivity index (χ2n) is 5.96. The standard InChI is InChI=1S/C17H23BrO2/c1-3-19-15-6-5-11(10-16(15)20-4-2)17(18)14-8-12-7-13(12)9-14/h5-6,10,12-14,17H,3-4,7-9H2,1-2H3. The first-order valence-corrected chi connectivity index (χ1v) is 8.68. The fraction of sp³-hybridized carbons (Fsp3) is 0.647. The second kappa shape index (κ2) is 5.97. The van der Waals surface area contributed by atoms with E-state index in [4.69, 9.17) is 9.47 Å². The van der Waals surface area contributed by atoms with Gasteiger partial charge in [-0.3, -0.25) is 0 Å². The van der Waals surface area contributed by atoms with Crippen molar-refractivity contribution in [2.45, 2.75) is 37.9 Å². The summed E-state index contributed by atoms with van der Waals surface area (Å²) in [5, 5.41) is 0. The van der Waals surface area contributed by atoms with E-state index in [9.17, 15) is 0 Å². The smallest absolute Gasteiger partial charge is 0.161 e. The van der Waals surface area contributed by atoms with Crippen molar-refractivity contribution in [2.75, 3.05) is 13.2 Å². The van der Waals surface area contributed by atoms with Crippen molar-refractivity contribution in [1.82, 2.24) is 0 Å². The Balaban J connectivity index is 1.76.